The number of benzene rings is 1. The third-order valence-electron chi connectivity index (χ3n) is 5.09. The van der Waals surface area contributed by atoms with Crippen molar-refractivity contribution in [2.24, 2.45) is 10.9 Å². The molecular weight excluding hydrogens is 264 g/mol. The van der Waals surface area contributed by atoms with Crippen LogP contribution in [0.3, 0.4) is 0 Å². The summed E-state index contributed by atoms with van der Waals surface area (Å²) in [6, 6.07) is 7.30. The Kier molecular flexibility index (Phi) is 3.76. The Morgan fingerprint density at radius 2 is 2.05 bits per heavy atom. The maximum absolute atomic E-state index is 9.04. The van der Waals surface area contributed by atoms with Crippen LogP contribution in [0.2, 0.25) is 0 Å². The number of hydrogen-bond acceptors (Lipinski definition) is 4. The van der Waals surface area contributed by atoms with E-state index < -0.39 is 0 Å². The molecule has 5 heteroatoms. The summed E-state index contributed by atoms with van der Waals surface area (Å²) < 4.78 is 0. The molecule has 0 radical (unpaired) electrons. The standard InChI is InChI=1S/C16H24N4O/c1-11-4-3-5-14(16(17)18-21)15(11)20-9-8-12-6-7-13(10-20)19(12)2/h3-5,12-13,21H,6-10H2,1-2H3,(H2,17,18). The predicted molar refractivity (Wildman–Crippen MR) is 85.1 cm³/mol. The number of oxime groups is 1. The van der Waals surface area contributed by atoms with Crippen molar-refractivity contribution in [1.82, 2.24) is 4.90 Å². The van der Waals surface area contributed by atoms with Crippen molar-refractivity contribution in [2.45, 2.75) is 38.3 Å². The van der Waals surface area contributed by atoms with Gasteiger partial charge < -0.3 is 15.8 Å². The average Bonchev–Trinajstić information content (AvgIpc) is 2.72. The topological polar surface area (TPSA) is 65.1 Å². The lowest BCUT2D eigenvalue weighted by molar-refractivity contribution is 0.254. The Morgan fingerprint density at radius 3 is 2.81 bits per heavy atom. The third-order valence-corrected chi connectivity index (χ3v) is 5.09. The molecule has 3 N–H and O–H groups in total. The van der Waals surface area contributed by atoms with Gasteiger partial charge in [0.15, 0.2) is 5.84 Å². The highest BCUT2D eigenvalue weighted by atomic mass is 16.4. The maximum atomic E-state index is 9.04. The minimum Gasteiger partial charge on any atom is -0.409 e. The third kappa shape index (κ3) is 2.46. The van der Waals surface area contributed by atoms with Gasteiger partial charge in [0.1, 0.15) is 0 Å². The summed E-state index contributed by atoms with van der Waals surface area (Å²) >= 11 is 0. The van der Waals surface area contributed by atoms with E-state index in [2.05, 4.69) is 35.0 Å². The number of likely N-dealkylation sites (N-methyl/N-ethyl adjacent to an activating group) is 1. The van der Waals surface area contributed by atoms with E-state index in [0.717, 1.165) is 24.3 Å². The normalized spacial score (nSPS) is 27.0. The van der Waals surface area contributed by atoms with Crippen molar-refractivity contribution in [1.29, 1.82) is 0 Å². The highest BCUT2D eigenvalue weighted by Gasteiger charge is 2.35. The van der Waals surface area contributed by atoms with E-state index in [1.807, 2.05) is 12.1 Å². The average molecular weight is 288 g/mol. The highest BCUT2D eigenvalue weighted by Crippen LogP contribution is 2.33. The van der Waals surface area contributed by atoms with Crippen LogP contribution in [0.25, 0.3) is 0 Å². The summed E-state index contributed by atoms with van der Waals surface area (Å²) in [7, 11) is 2.24. The van der Waals surface area contributed by atoms with Crippen LogP contribution < -0.4 is 10.6 Å². The fourth-order valence-corrected chi connectivity index (χ4v) is 3.85. The van der Waals surface area contributed by atoms with Gasteiger partial charge in [-0.3, -0.25) is 4.90 Å². The van der Waals surface area contributed by atoms with E-state index >= 15 is 0 Å². The molecule has 2 bridgehead atoms. The Bertz CT molecular complexity index is 557. The molecule has 0 aromatic heterocycles. The van der Waals surface area contributed by atoms with E-state index in [-0.39, 0.29) is 5.84 Å². The predicted octanol–water partition coefficient (Wildman–Crippen LogP) is 1.76. The first-order valence-corrected chi connectivity index (χ1v) is 7.66. The van der Waals surface area contributed by atoms with Gasteiger partial charge in [0.05, 0.1) is 5.69 Å². The first-order chi connectivity index (χ1) is 10.1. The second-order valence-electron chi connectivity index (χ2n) is 6.24. The lowest BCUT2D eigenvalue weighted by atomic mass is 10.0. The number of hydrogen-bond donors (Lipinski definition) is 2. The zero-order valence-corrected chi connectivity index (χ0v) is 12.8. The summed E-state index contributed by atoms with van der Waals surface area (Å²) in [4.78, 5) is 4.95. The highest BCUT2D eigenvalue weighted by molar-refractivity contribution is 6.02. The van der Waals surface area contributed by atoms with E-state index in [4.69, 9.17) is 10.9 Å². The van der Waals surface area contributed by atoms with Crippen molar-refractivity contribution < 1.29 is 5.21 Å². The van der Waals surface area contributed by atoms with Crippen molar-refractivity contribution >= 4 is 11.5 Å². The number of aryl methyl sites for hydroxylation is 1. The smallest absolute Gasteiger partial charge is 0.172 e. The Morgan fingerprint density at radius 1 is 1.29 bits per heavy atom. The van der Waals surface area contributed by atoms with E-state index in [9.17, 15) is 0 Å². The maximum Gasteiger partial charge on any atom is 0.172 e. The van der Waals surface area contributed by atoms with E-state index in [0.29, 0.717) is 12.1 Å². The van der Waals surface area contributed by atoms with Gasteiger partial charge in [-0.25, -0.2) is 0 Å². The van der Waals surface area contributed by atoms with Gasteiger partial charge in [0, 0.05) is 30.7 Å². The lowest BCUT2D eigenvalue weighted by Gasteiger charge is -2.30. The van der Waals surface area contributed by atoms with Crippen LogP contribution in [0.15, 0.2) is 23.4 Å². The molecule has 0 saturated carbocycles. The molecule has 2 unspecified atom stereocenters. The van der Waals surface area contributed by atoms with Gasteiger partial charge in [-0.2, -0.15) is 0 Å². The molecule has 5 nitrogen and oxygen atoms in total. The second-order valence-corrected chi connectivity index (χ2v) is 6.24. The van der Waals surface area contributed by atoms with Crippen LogP contribution in [0.1, 0.15) is 30.4 Å². The van der Waals surface area contributed by atoms with Crippen LogP contribution in [0, 0.1) is 6.92 Å². The summed E-state index contributed by atoms with van der Waals surface area (Å²) in [5.41, 5.74) is 9.01. The number of fused-ring (bicyclic) bond motifs is 2. The number of nitrogens with zero attached hydrogens (tertiary/aromatic N) is 3. The van der Waals surface area contributed by atoms with Crippen molar-refractivity contribution in [3.8, 4) is 0 Å². The minimum atomic E-state index is 0.191. The monoisotopic (exact) mass is 288 g/mol. The molecule has 2 aliphatic rings. The molecule has 2 fully saturated rings. The van der Waals surface area contributed by atoms with Crippen LogP contribution in [0.4, 0.5) is 5.69 Å². The quantitative estimate of drug-likeness (QED) is 0.377. The molecule has 3 rings (SSSR count). The van der Waals surface area contributed by atoms with E-state index in [1.165, 1.54) is 24.8 Å². The van der Waals surface area contributed by atoms with Crippen LogP contribution in [-0.2, 0) is 0 Å². The van der Waals surface area contributed by atoms with Gasteiger partial charge in [-0.05, 0) is 44.9 Å². The SMILES string of the molecule is Cc1cccc(/C(N)=N/O)c1N1CCC2CCC(C1)N2C. The van der Waals surface area contributed by atoms with Gasteiger partial charge in [0.25, 0.3) is 0 Å². The van der Waals surface area contributed by atoms with E-state index in [1.54, 1.807) is 0 Å². The first kappa shape index (κ1) is 14.2. The molecule has 2 aliphatic heterocycles. The molecule has 2 saturated heterocycles. The Balaban J connectivity index is 1.97. The zero-order chi connectivity index (χ0) is 15.0. The summed E-state index contributed by atoms with van der Waals surface area (Å²) in [6.07, 6.45) is 3.76. The second kappa shape index (κ2) is 5.56. The molecule has 1 aromatic carbocycles. The molecule has 21 heavy (non-hydrogen) atoms. The number of amidine groups is 1. The van der Waals surface area contributed by atoms with Crippen molar-refractivity contribution in [3.63, 3.8) is 0 Å². The molecule has 0 amide bonds. The van der Waals surface area contributed by atoms with Gasteiger partial charge >= 0.3 is 0 Å². The van der Waals surface area contributed by atoms with Crippen LogP contribution in [0.5, 0.6) is 0 Å². The lowest BCUT2D eigenvalue weighted by Crippen LogP contribution is -2.37. The summed E-state index contributed by atoms with van der Waals surface area (Å²) in [5.74, 6) is 0.191. The Hall–Kier alpha value is -1.75. The fraction of sp³-hybridized carbons (Fsp3) is 0.562. The molecule has 0 spiro atoms. The molecule has 2 atom stereocenters. The fourth-order valence-electron chi connectivity index (χ4n) is 3.85. The van der Waals surface area contributed by atoms with Crippen molar-refractivity contribution in [2.75, 3.05) is 25.0 Å². The van der Waals surface area contributed by atoms with Crippen molar-refractivity contribution in [3.05, 3.63) is 29.3 Å². The molecule has 114 valence electrons. The largest absolute Gasteiger partial charge is 0.409 e. The molecule has 0 aliphatic carbocycles. The number of rotatable bonds is 2. The molecule has 1 aromatic rings. The molecular formula is C16H24N4O. The number of anilines is 1. The molecule has 2 heterocycles. The minimum absolute atomic E-state index is 0.191. The number of para-hydroxylation sites is 1. The zero-order valence-electron chi connectivity index (χ0n) is 12.8. The summed E-state index contributed by atoms with van der Waals surface area (Å²) in [5, 5.41) is 12.2. The van der Waals surface area contributed by atoms with Gasteiger partial charge in [0.2, 0.25) is 0 Å². The first-order valence-electron chi connectivity index (χ1n) is 7.66. The number of nitrogens with two attached hydrogens (primary N) is 1. The van der Waals surface area contributed by atoms with Crippen LogP contribution >= 0.6 is 0 Å². The summed E-state index contributed by atoms with van der Waals surface area (Å²) in [6.45, 7) is 4.14. The van der Waals surface area contributed by atoms with Crippen LogP contribution in [-0.4, -0.2) is 48.2 Å². The van der Waals surface area contributed by atoms with Gasteiger partial charge in [-0.15, -0.1) is 0 Å². The Labute approximate surface area is 126 Å². The van der Waals surface area contributed by atoms with Gasteiger partial charge in [-0.1, -0.05) is 17.3 Å².